The van der Waals surface area contributed by atoms with E-state index < -0.39 is 0 Å². The molecule has 5 nitrogen and oxygen atoms in total. The highest BCUT2D eigenvalue weighted by Crippen LogP contribution is 2.16. The van der Waals surface area contributed by atoms with Crippen LogP contribution in [0.4, 0.5) is 0 Å². The maximum atomic E-state index is 11.9. The molecule has 2 aromatic heterocycles. The fourth-order valence-corrected chi connectivity index (χ4v) is 1.45. The van der Waals surface area contributed by atoms with Crippen molar-refractivity contribution in [2.75, 3.05) is 0 Å². The van der Waals surface area contributed by atoms with Crippen LogP contribution in [-0.2, 0) is 5.41 Å². The van der Waals surface area contributed by atoms with Gasteiger partial charge in [0, 0.05) is 11.6 Å². The second-order valence-corrected chi connectivity index (χ2v) is 4.82. The zero-order chi connectivity index (χ0) is 12.5. The molecule has 0 saturated carbocycles. The van der Waals surface area contributed by atoms with Crippen molar-refractivity contribution < 1.29 is 0 Å². The second kappa shape index (κ2) is 4.08. The summed E-state index contributed by atoms with van der Waals surface area (Å²) in [7, 11) is 0. The van der Waals surface area contributed by atoms with Crippen molar-refractivity contribution in [2.24, 2.45) is 0 Å². The van der Waals surface area contributed by atoms with Crippen molar-refractivity contribution in [1.29, 1.82) is 0 Å². The molecule has 0 amide bonds. The molecule has 2 aromatic rings. The van der Waals surface area contributed by atoms with Gasteiger partial charge in [0.25, 0.3) is 5.56 Å². The van der Waals surface area contributed by atoms with Crippen LogP contribution in [0.3, 0.4) is 0 Å². The number of nitrogens with zero attached hydrogens (tertiary/aromatic N) is 3. The Morgan fingerprint density at radius 1 is 1.18 bits per heavy atom. The van der Waals surface area contributed by atoms with E-state index in [2.05, 4.69) is 20.2 Å². The van der Waals surface area contributed by atoms with Gasteiger partial charge in [-0.3, -0.25) is 9.78 Å². The molecule has 17 heavy (non-hydrogen) atoms. The third kappa shape index (κ3) is 2.38. The third-order valence-corrected chi connectivity index (χ3v) is 2.31. The zero-order valence-electron chi connectivity index (χ0n) is 10.1. The lowest BCUT2D eigenvalue weighted by atomic mass is 9.93. The number of nitrogens with one attached hydrogen (secondary N) is 1. The molecule has 2 rings (SSSR count). The van der Waals surface area contributed by atoms with Crippen LogP contribution in [0.25, 0.3) is 11.5 Å². The van der Waals surface area contributed by atoms with Crippen LogP contribution < -0.4 is 5.56 Å². The van der Waals surface area contributed by atoms with E-state index in [1.54, 1.807) is 18.3 Å². The van der Waals surface area contributed by atoms with Crippen LogP contribution in [0.2, 0.25) is 0 Å². The minimum absolute atomic E-state index is 0.215. The molecule has 0 radical (unpaired) electrons. The SMILES string of the molecule is CC(C)(C)c1nnc(-c2ccccn2)[nH]c1=O. The number of hydrogen-bond acceptors (Lipinski definition) is 4. The molecule has 5 heteroatoms. The van der Waals surface area contributed by atoms with E-state index >= 15 is 0 Å². The molecular formula is C12H14N4O. The second-order valence-electron chi connectivity index (χ2n) is 4.82. The number of hydrogen-bond donors (Lipinski definition) is 1. The monoisotopic (exact) mass is 230 g/mol. The molecule has 0 aliphatic rings. The summed E-state index contributed by atoms with van der Waals surface area (Å²) in [5.41, 5.74) is 0.506. The van der Waals surface area contributed by atoms with Gasteiger partial charge in [-0.15, -0.1) is 10.2 Å². The van der Waals surface area contributed by atoms with Crippen LogP contribution in [0, 0.1) is 0 Å². The normalized spacial score (nSPS) is 11.5. The Kier molecular flexibility index (Phi) is 2.75. The van der Waals surface area contributed by atoms with Gasteiger partial charge < -0.3 is 4.98 Å². The summed E-state index contributed by atoms with van der Waals surface area (Å²) < 4.78 is 0. The quantitative estimate of drug-likeness (QED) is 0.806. The Morgan fingerprint density at radius 3 is 2.47 bits per heavy atom. The van der Waals surface area contributed by atoms with Gasteiger partial charge in [-0.2, -0.15) is 0 Å². The van der Waals surface area contributed by atoms with Crippen molar-refractivity contribution in [1.82, 2.24) is 20.2 Å². The summed E-state index contributed by atoms with van der Waals surface area (Å²) in [6.07, 6.45) is 1.65. The summed E-state index contributed by atoms with van der Waals surface area (Å²) in [6, 6.07) is 5.41. The molecule has 0 saturated heterocycles. The molecule has 0 bridgehead atoms. The molecule has 0 unspecified atom stereocenters. The van der Waals surface area contributed by atoms with Crippen molar-refractivity contribution in [3.63, 3.8) is 0 Å². The summed E-state index contributed by atoms with van der Waals surface area (Å²) in [4.78, 5) is 18.7. The van der Waals surface area contributed by atoms with E-state index in [1.807, 2.05) is 26.8 Å². The first-order chi connectivity index (χ1) is 7.98. The molecule has 0 spiro atoms. The van der Waals surface area contributed by atoms with Crippen molar-refractivity contribution in [2.45, 2.75) is 26.2 Å². The topological polar surface area (TPSA) is 71.5 Å². The maximum absolute atomic E-state index is 11.9. The van der Waals surface area contributed by atoms with Gasteiger partial charge in [0.2, 0.25) is 0 Å². The standard InChI is InChI=1S/C12H14N4O/c1-12(2,3)9-11(17)14-10(16-15-9)8-6-4-5-7-13-8/h4-7H,1-3H3,(H,14,16,17). The summed E-state index contributed by atoms with van der Waals surface area (Å²) in [5.74, 6) is 0.392. The molecule has 88 valence electrons. The Labute approximate surface area is 99.0 Å². The first-order valence-corrected chi connectivity index (χ1v) is 5.37. The van der Waals surface area contributed by atoms with Gasteiger partial charge in [0.1, 0.15) is 11.4 Å². The van der Waals surface area contributed by atoms with Crippen molar-refractivity contribution in [3.05, 3.63) is 40.4 Å². The minimum atomic E-state index is -0.316. The fraction of sp³-hybridized carbons (Fsp3) is 0.333. The van der Waals surface area contributed by atoms with Gasteiger partial charge in [-0.25, -0.2) is 0 Å². The first kappa shape index (κ1) is 11.4. The van der Waals surface area contributed by atoms with Crippen LogP contribution in [0.5, 0.6) is 0 Å². The van der Waals surface area contributed by atoms with E-state index in [4.69, 9.17) is 0 Å². The van der Waals surface area contributed by atoms with Crippen LogP contribution in [0.15, 0.2) is 29.2 Å². The van der Waals surface area contributed by atoms with Gasteiger partial charge >= 0.3 is 0 Å². The summed E-state index contributed by atoms with van der Waals surface area (Å²) in [6.45, 7) is 5.77. The minimum Gasteiger partial charge on any atom is -0.302 e. The van der Waals surface area contributed by atoms with Gasteiger partial charge in [-0.05, 0) is 12.1 Å². The molecule has 0 aliphatic heterocycles. The number of H-pyrrole nitrogens is 1. The Morgan fingerprint density at radius 2 is 1.94 bits per heavy atom. The van der Waals surface area contributed by atoms with Crippen LogP contribution in [-0.4, -0.2) is 20.2 Å². The largest absolute Gasteiger partial charge is 0.302 e. The third-order valence-electron chi connectivity index (χ3n) is 2.31. The lowest BCUT2D eigenvalue weighted by Gasteiger charge is -2.15. The molecule has 0 atom stereocenters. The average molecular weight is 230 g/mol. The molecule has 0 aliphatic carbocycles. The zero-order valence-corrected chi connectivity index (χ0v) is 10.1. The van der Waals surface area contributed by atoms with E-state index in [9.17, 15) is 4.79 Å². The lowest BCUT2D eigenvalue weighted by molar-refractivity contribution is 0.547. The average Bonchev–Trinajstić information content (AvgIpc) is 2.28. The van der Waals surface area contributed by atoms with Crippen LogP contribution in [0.1, 0.15) is 26.5 Å². The number of aromatic nitrogens is 4. The van der Waals surface area contributed by atoms with E-state index in [0.29, 0.717) is 17.2 Å². The smallest absolute Gasteiger partial charge is 0.273 e. The predicted molar refractivity (Wildman–Crippen MR) is 64.6 cm³/mol. The number of aromatic amines is 1. The molecule has 1 N–H and O–H groups in total. The lowest BCUT2D eigenvalue weighted by Crippen LogP contribution is -2.28. The van der Waals surface area contributed by atoms with Crippen LogP contribution >= 0.6 is 0 Å². The molecule has 2 heterocycles. The highest BCUT2D eigenvalue weighted by atomic mass is 16.1. The summed E-state index contributed by atoms with van der Waals surface area (Å²) >= 11 is 0. The Balaban J connectivity index is 2.49. The van der Waals surface area contributed by atoms with E-state index in [0.717, 1.165) is 0 Å². The Hall–Kier alpha value is -2.04. The first-order valence-electron chi connectivity index (χ1n) is 5.37. The van der Waals surface area contributed by atoms with E-state index in [-0.39, 0.29) is 11.0 Å². The molecule has 0 fully saturated rings. The highest BCUT2D eigenvalue weighted by Gasteiger charge is 2.20. The van der Waals surface area contributed by atoms with Gasteiger partial charge in [-0.1, -0.05) is 26.8 Å². The molecule has 0 aromatic carbocycles. The number of rotatable bonds is 1. The summed E-state index contributed by atoms with van der Waals surface area (Å²) in [5, 5.41) is 8.00. The van der Waals surface area contributed by atoms with Gasteiger partial charge in [0.05, 0.1) is 0 Å². The maximum Gasteiger partial charge on any atom is 0.273 e. The highest BCUT2D eigenvalue weighted by molar-refractivity contribution is 5.47. The fourth-order valence-electron chi connectivity index (χ4n) is 1.45. The predicted octanol–water partition coefficient (Wildman–Crippen LogP) is 1.52. The number of pyridine rings is 1. The molecular weight excluding hydrogens is 216 g/mol. The van der Waals surface area contributed by atoms with Gasteiger partial charge in [0.15, 0.2) is 5.82 Å². The van der Waals surface area contributed by atoms with E-state index in [1.165, 1.54) is 0 Å². The Bertz CT molecular complexity index is 569. The van der Waals surface area contributed by atoms with Crippen molar-refractivity contribution in [3.8, 4) is 11.5 Å². The van der Waals surface area contributed by atoms with Crippen molar-refractivity contribution >= 4 is 0 Å².